The minimum absolute atomic E-state index is 0.0146. The average molecular weight is 706 g/mol. The second-order valence-corrected chi connectivity index (χ2v) is 13.2. The van der Waals surface area contributed by atoms with Crippen LogP contribution in [0.2, 0.25) is 0 Å². The van der Waals surface area contributed by atoms with Crippen LogP contribution in [0.15, 0.2) is 86.2 Å². The van der Waals surface area contributed by atoms with Gasteiger partial charge in [-0.3, -0.25) is 0 Å². The van der Waals surface area contributed by atoms with Crippen molar-refractivity contribution in [2.24, 2.45) is 5.73 Å². The Hall–Kier alpha value is -2.18. The van der Waals surface area contributed by atoms with Crippen LogP contribution in [0.25, 0.3) is 0 Å². The molecule has 0 aromatic heterocycles. The number of halogens is 3. The summed E-state index contributed by atoms with van der Waals surface area (Å²) in [4.78, 5) is 11.8. The van der Waals surface area contributed by atoms with Gasteiger partial charge in [0.25, 0.3) is 0 Å². The molecule has 2 aliphatic rings. The molecule has 5 nitrogen and oxygen atoms in total. The quantitative estimate of drug-likeness (QED) is 0.286. The van der Waals surface area contributed by atoms with Gasteiger partial charge in [-0.05, 0) is 106 Å². The smallest absolute Gasteiger partial charge is 0.408 e. The molecule has 0 spiro atoms. The van der Waals surface area contributed by atoms with Crippen molar-refractivity contribution in [2.75, 3.05) is 0 Å². The van der Waals surface area contributed by atoms with Crippen molar-refractivity contribution in [2.45, 2.75) is 63.1 Å². The molecule has 5 rings (SSSR count). The van der Waals surface area contributed by atoms with Crippen molar-refractivity contribution in [1.82, 2.24) is 5.32 Å². The number of nitrogens with one attached hydrogen (secondary N) is 1. The highest BCUT2D eigenvalue weighted by Gasteiger charge is 2.46. The third kappa shape index (κ3) is 9.53. The Morgan fingerprint density at radius 1 is 0.816 bits per heavy atom. The molecule has 2 saturated carbocycles. The molecule has 0 unspecified atom stereocenters. The number of hydrogen-bond acceptors (Lipinski definition) is 4. The van der Waals surface area contributed by atoms with Gasteiger partial charge < -0.3 is 15.8 Å². The highest BCUT2D eigenvalue weighted by Crippen LogP contribution is 2.46. The summed E-state index contributed by atoms with van der Waals surface area (Å²) in [6, 6.07) is 25.6. The molecule has 0 bridgehead atoms. The first-order valence-electron chi connectivity index (χ1n) is 12.3. The van der Waals surface area contributed by atoms with E-state index >= 15 is 0 Å². The van der Waals surface area contributed by atoms with E-state index in [1.54, 1.807) is 12.1 Å². The van der Waals surface area contributed by atoms with Crippen molar-refractivity contribution in [3.05, 3.63) is 103 Å². The van der Waals surface area contributed by atoms with Crippen LogP contribution in [-0.4, -0.2) is 11.7 Å². The van der Waals surface area contributed by atoms with Crippen LogP contribution >= 0.6 is 47.8 Å². The summed E-state index contributed by atoms with van der Waals surface area (Å²) in [5.74, 6) is 0. The summed E-state index contributed by atoms with van der Waals surface area (Å²) in [5, 5.41) is 11.3. The molecule has 0 heterocycles. The van der Waals surface area contributed by atoms with Crippen molar-refractivity contribution in [1.29, 1.82) is 5.26 Å². The topological polar surface area (TPSA) is 88.1 Å². The van der Waals surface area contributed by atoms with Gasteiger partial charge in [-0.1, -0.05) is 72.1 Å². The molecule has 3 N–H and O–H groups in total. The van der Waals surface area contributed by atoms with Crippen molar-refractivity contribution in [3.8, 4) is 6.07 Å². The number of carbonyl (C=O) groups is 1. The van der Waals surface area contributed by atoms with Crippen molar-refractivity contribution >= 4 is 53.9 Å². The van der Waals surface area contributed by atoms with E-state index in [0.717, 1.165) is 44.7 Å². The fourth-order valence-electron chi connectivity index (χ4n) is 3.61. The first kappa shape index (κ1) is 30.4. The number of ether oxygens (including phenoxy) is 1. The SMILES string of the molecule is CC(C)(C)OC(=O)NC1(c2ccc(Br)cc2)CC1.N#Cc1ccc(Br)cc1.NC1(c2ccc(Br)cc2)CC1. The Bertz CT molecular complexity index is 1250. The standard InChI is InChI=1S/C14H18BrNO2.C9H10BrN.C7H4BrN/c1-13(2,3)18-12(17)16-14(8-9-14)10-4-6-11(15)7-5-10;10-8-3-1-7(2-4-8)9(11)5-6-9;8-7-3-1-6(5-9)2-4-7/h4-7H,8-9H2,1-3H3,(H,16,17);1-4H,5-6,11H2;1-4H. The summed E-state index contributed by atoms with van der Waals surface area (Å²) in [6.07, 6.45) is 3.85. The highest BCUT2D eigenvalue weighted by molar-refractivity contribution is 9.11. The number of amides is 1. The van der Waals surface area contributed by atoms with Gasteiger partial charge in [-0.15, -0.1) is 0 Å². The fraction of sp³-hybridized carbons (Fsp3) is 0.333. The van der Waals surface area contributed by atoms with Gasteiger partial charge in [-0.2, -0.15) is 5.26 Å². The molecule has 0 atom stereocenters. The number of nitrogens with two attached hydrogens (primary N) is 1. The highest BCUT2D eigenvalue weighted by atomic mass is 79.9. The van der Waals surface area contributed by atoms with E-state index in [1.807, 2.05) is 75.4 Å². The summed E-state index contributed by atoms with van der Waals surface area (Å²) in [7, 11) is 0. The molecule has 3 aromatic carbocycles. The molecule has 0 radical (unpaired) electrons. The van der Waals surface area contributed by atoms with E-state index in [1.165, 1.54) is 5.56 Å². The normalized spacial score (nSPS) is 15.8. The number of hydrogen-bond donors (Lipinski definition) is 2. The zero-order valence-electron chi connectivity index (χ0n) is 21.7. The fourth-order valence-corrected chi connectivity index (χ4v) is 4.40. The minimum Gasteiger partial charge on any atom is -0.444 e. The Labute approximate surface area is 250 Å². The molecular formula is C30H32Br3N3O2. The Balaban J connectivity index is 0.000000170. The Kier molecular flexibility index (Phi) is 10.2. The minimum atomic E-state index is -0.458. The molecule has 38 heavy (non-hydrogen) atoms. The summed E-state index contributed by atoms with van der Waals surface area (Å²) in [5.41, 5.74) is 8.43. The van der Waals surface area contributed by atoms with Gasteiger partial charge in [-0.25, -0.2) is 4.79 Å². The van der Waals surface area contributed by atoms with Crippen LogP contribution < -0.4 is 11.1 Å². The average Bonchev–Trinajstić information content (AvgIpc) is 3.79. The van der Waals surface area contributed by atoms with Crippen LogP contribution in [-0.2, 0) is 15.8 Å². The lowest BCUT2D eigenvalue weighted by molar-refractivity contribution is 0.0495. The van der Waals surface area contributed by atoms with E-state index in [4.69, 9.17) is 15.7 Å². The lowest BCUT2D eigenvalue weighted by atomic mass is 10.1. The first-order chi connectivity index (χ1) is 17.8. The molecule has 0 saturated heterocycles. The van der Waals surface area contributed by atoms with Crippen LogP contribution in [0, 0.1) is 11.3 Å². The molecule has 1 amide bonds. The first-order valence-corrected chi connectivity index (χ1v) is 14.7. The third-order valence-electron chi connectivity index (χ3n) is 6.07. The van der Waals surface area contributed by atoms with Crippen molar-refractivity contribution < 1.29 is 9.53 Å². The van der Waals surface area contributed by atoms with E-state index in [9.17, 15) is 4.79 Å². The maximum Gasteiger partial charge on any atom is 0.408 e. The van der Waals surface area contributed by atoms with E-state index in [-0.39, 0.29) is 17.2 Å². The van der Waals surface area contributed by atoms with Gasteiger partial charge in [0.05, 0.1) is 17.2 Å². The largest absolute Gasteiger partial charge is 0.444 e. The zero-order chi connectivity index (χ0) is 28.0. The number of carbonyl (C=O) groups excluding carboxylic acids is 1. The lowest BCUT2D eigenvalue weighted by Gasteiger charge is -2.23. The maximum absolute atomic E-state index is 11.8. The number of nitriles is 1. The number of alkyl carbamates (subject to hydrolysis) is 1. The Morgan fingerprint density at radius 3 is 1.61 bits per heavy atom. The Morgan fingerprint density at radius 2 is 1.24 bits per heavy atom. The van der Waals surface area contributed by atoms with Crippen LogP contribution in [0.3, 0.4) is 0 Å². The summed E-state index contributed by atoms with van der Waals surface area (Å²) in [6.45, 7) is 5.60. The van der Waals surface area contributed by atoms with Gasteiger partial charge in [0.1, 0.15) is 5.60 Å². The second-order valence-electron chi connectivity index (χ2n) is 10.5. The van der Waals surface area contributed by atoms with Gasteiger partial charge in [0.2, 0.25) is 0 Å². The molecule has 0 aliphatic heterocycles. The molecule has 2 aliphatic carbocycles. The van der Waals surface area contributed by atoms with Crippen LogP contribution in [0.5, 0.6) is 0 Å². The molecule has 3 aromatic rings. The molecule has 2 fully saturated rings. The maximum atomic E-state index is 11.8. The zero-order valence-corrected chi connectivity index (χ0v) is 26.5. The monoisotopic (exact) mass is 703 g/mol. The molecule has 8 heteroatoms. The van der Waals surface area contributed by atoms with Gasteiger partial charge in [0.15, 0.2) is 0 Å². The third-order valence-corrected chi connectivity index (χ3v) is 7.65. The molecule has 200 valence electrons. The number of benzene rings is 3. The lowest BCUT2D eigenvalue weighted by Crippen LogP contribution is -2.39. The summed E-state index contributed by atoms with van der Waals surface area (Å²) >= 11 is 10.1. The second kappa shape index (κ2) is 12.8. The van der Waals surface area contributed by atoms with E-state index in [0.29, 0.717) is 5.56 Å². The van der Waals surface area contributed by atoms with E-state index < -0.39 is 5.60 Å². The van der Waals surface area contributed by atoms with Gasteiger partial charge in [0, 0.05) is 19.0 Å². The number of rotatable bonds is 3. The van der Waals surface area contributed by atoms with Crippen molar-refractivity contribution in [3.63, 3.8) is 0 Å². The predicted molar refractivity (Wildman–Crippen MR) is 163 cm³/mol. The number of nitrogens with zero attached hydrogens (tertiary/aromatic N) is 1. The summed E-state index contributed by atoms with van der Waals surface area (Å²) < 4.78 is 8.46. The van der Waals surface area contributed by atoms with Crippen LogP contribution in [0.1, 0.15) is 63.1 Å². The van der Waals surface area contributed by atoms with Gasteiger partial charge >= 0.3 is 6.09 Å². The van der Waals surface area contributed by atoms with Crippen LogP contribution in [0.4, 0.5) is 4.79 Å². The molecular weight excluding hydrogens is 674 g/mol. The predicted octanol–water partition coefficient (Wildman–Crippen LogP) is 8.68. The van der Waals surface area contributed by atoms with E-state index in [2.05, 4.69) is 65.2 Å².